The molecule has 1 aliphatic carbocycles. The highest BCUT2D eigenvalue weighted by Gasteiger charge is 2.42. The highest BCUT2D eigenvalue weighted by atomic mass is 16.5. The standard InChI is InChI=1S/C39H49N9O4/c1-23(2)36(38(50)51)35-18-31(45-52-35)25-7-9-27(10-8-25)46-15-13-24(14-16-46)26-19-41-39(42-20-26)48-28-11-12-29(48)22-47(21-28)33-17-32(43-44-37(33)40)30-5-3-4-6-34(30)49/h3-6,17-20,23-25,27-29,36,49H,7-16,21-22H2,1-2H3,(H2,40,44)(H,50,51). The van der Waals surface area contributed by atoms with Gasteiger partial charge in [0.05, 0.1) is 17.1 Å². The Kier molecular flexibility index (Phi) is 9.45. The molecule has 3 atom stereocenters. The lowest BCUT2D eigenvalue weighted by Gasteiger charge is -2.42. The van der Waals surface area contributed by atoms with Crippen LogP contribution >= 0.6 is 0 Å². The molecule has 8 rings (SSSR count). The summed E-state index contributed by atoms with van der Waals surface area (Å²) in [5.41, 5.74) is 10.6. The topological polar surface area (TPSA) is 171 Å². The number of aromatic nitrogens is 5. The van der Waals surface area contributed by atoms with Gasteiger partial charge in [0.15, 0.2) is 11.6 Å². The van der Waals surface area contributed by atoms with Gasteiger partial charge in [0.25, 0.3) is 0 Å². The number of carbonyl (C=O) groups is 1. The van der Waals surface area contributed by atoms with Crippen molar-refractivity contribution in [2.45, 2.75) is 101 Å². The van der Waals surface area contributed by atoms with Gasteiger partial charge in [-0.2, -0.15) is 0 Å². The average Bonchev–Trinajstić information content (AvgIpc) is 3.73. The number of fused-ring (bicyclic) bond motifs is 2. The number of hydrogen-bond donors (Lipinski definition) is 3. The molecule has 52 heavy (non-hydrogen) atoms. The first-order valence-corrected chi connectivity index (χ1v) is 18.9. The normalized spacial score (nSPS) is 24.8. The second kappa shape index (κ2) is 14.3. The summed E-state index contributed by atoms with van der Waals surface area (Å²) in [6.45, 7) is 7.55. The number of benzene rings is 1. The van der Waals surface area contributed by atoms with Crippen LogP contribution in [0.25, 0.3) is 11.3 Å². The first-order valence-electron chi connectivity index (χ1n) is 18.9. The number of piperazine rings is 1. The predicted molar refractivity (Wildman–Crippen MR) is 197 cm³/mol. The Balaban J connectivity index is 0.843. The predicted octanol–water partition coefficient (Wildman–Crippen LogP) is 5.80. The summed E-state index contributed by atoms with van der Waals surface area (Å²) >= 11 is 0. The maximum atomic E-state index is 11.8. The van der Waals surface area contributed by atoms with E-state index in [4.69, 9.17) is 20.2 Å². The molecule has 0 amide bonds. The van der Waals surface area contributed by atoms with E-state index in [0.29, 0.717) is 40.7 Å². The van der Waals surface area contributed by atoms with Crippen LogP contribution in [0, 0.1) is 5.92 Å². The molecule has 0 spiro atoms. The fourth-order valence-electron chi connectivity index (χ4n) is 9.28. The van der Waals surface area contributed by atoms with Crippen LogP contribution < -0.4 is 15.5 Å². The largest absolute Gasteiger partial charge is 0.507 e. The lowest BCUT2D eigenvalue weighted by atomic mass is 9.81. The van der Waals surface area contributed by atoms with Crippen LogP contribution in [0.5, 0.6) is 5.75 Å². The summed E-state index contributed by atoms with van der Waals surface area (Å²) in [4.78, 5) is 29.0. The van der Waals surface area contributed by atoms with Gasteiger partial charge in [-0.3, -0.25) is 4.79 Å². The van der Waals surface area contributed by atoms with Crippen molar-refractivity contribution in [2.24, 2.45) is 5.92 Å². The fraction of sp³-hybridized carbons (Fsp3) is 0.538. The number of anilines is 3. The minimum absolute atomic E-state index is 0.0522. The molecular weight excluding hydrogens is 658 g/mol. The number of nitrogens with two attached hydrogens (primary N) is 1. The van der Waals surface area contributed by atoms with Gasteiger partial charge in [-0.1, -0.05) is 31.1 Å². The molecule has 4 N–H and O–H groups in total. The fourth-order valence-corrected chi connectivity index (χ4v) is 9.28. The van der Waals surface area contributed by atoms with Crippen LogP contribution in [-0.2, 0) is 4.79 Å². The Hall–Kier alpha value is -4.78. The highest BCUT2D eigenvalue weighted by Crippen LogP contribution is 2.40. The molecule has 13 heteroatoms. The first kappa shape index (κ1) is 34.3. The summed E-state index contributed by atoms with van der Waals surface area (Å²) in [6, 6.07) is 12.1. The van der Waals surface area contributed by atoms with Crippen LogP contribution in [0.3, 0.4) is 0 Å². The number of piperidine rings is 1. The summed E-state index contributed by atoms with van der Waals surface area (Å²) < 4.78 is 5.53. The highest BCUT2D eigenvalue weighted by molar-refractivity contribution is 5.76. The molecule has 274 valence electrons. The van der Waals surface area contributed by atoms with Gasteiger partial charge in [0.2, 0.25) is 5.95 Å². The van der Waals surface area contributed by atoms with Gasteiger partial charge in [0.1, 0.15) is 11.7 Å². The Morgan fingerprint density at radius 3 is 2.21 bits per heavy atom. The van der Waals surface area contributed by atoms with Crippen LogP contribution in [-0.4, -0.2) is 90.7 Å². The van der Waals surface area contributed by atoms with Crippen molar-refractivity contribution in [1.29, 1.82) is 0 Å². The monoisotopic (exact) mass is 707 g/mol. The van der Waals surface area contributed by atoms with Gasteiger partial charge in [-0.25, -0.2) is 9.97 Å². The van der Waals surface area contributed by atoms with Crippen molar-refractivity contribution in [3.8, 4) is 17.0 Å². The number of phenols is 1. The minimum Gasteiger partial charge on any atom is -0.507 e. The molecule has 0 radical (unpaired) electrons. The van der Waals surface area contributed by atoms with Crippen LogP contribution in [0.2, 0.25) is 0 Å². The van der Waals surface area contributed by atoms with Gasteiger partial charge in [-0.05, 0) is 100 Å². The molecule has 3 unspecified atom stereocenters. The van der Waals surface area contributed by atoms with E-state index < -0.39 is 11.9 Å². The summed E-state index contributed by atoms with van der Waals surface area (Å²) in [6.07, 6.45) is 12.8. The molecule has 6 heterocycles. The minimum atomic E-state index is -0.860. The molecule has 4 aliphatic rings. The maximum absolute atomic E-state index is 11.8. The number of nitrogens with zero attached hydrogens (tertiary/aromatic N) is 8. The quantitative estimate of drug-likeness (QED) is 0.191. The Labute approximate surface area is 304 Å². The summed E-state index contributed by atoms with van der Waals surface area (Å²) in [5, 5.41) is 32.8. The molecule has 3 aromatic heterocycles. The molecule has 4 fully saturated rings. The number of aliphatic carboxylic acids is 1. The number of rotatable bonds is 9. The number of hydrogen-bond acceptors (Lipinski definition) is 12. The van der Waals surface area contributed by atoms with E-state index in [2.05, 4.69) is 42.4 Å². The number of likely N-dealkylation sites (tertiary alicyclic amines) is 1. The zero-order valence-electron chi connectivity index (χ0n) is 30.0. The van der Waals surface area contributed by atoms with Crippen molar-refractivity contribution in [2.75, 3.05) is 41.7 Å². The van der Waals surface area contributed by atoms with Crippen molar-refractivity contribution in [3.63, 3.8) is 0 Å². The number of aromatic hydroxyl groups is 1. The van der Waals surface area contributed by atoms with Gasteiger partial charge >= 0.3 is 5.97 Å². The average molecular weight is 708 g/mol. The van der Waals surface area contributed by atoms with E-state index in [1.54, 1.807) is 12.1 Å². The van der Waals surface area contributed by atoms with Crippen molar-refractivity contribution >= 4 is 23.4 Å². The SMILES string of the molecule is CC(C)C(C(=O)O)c1cc(C2CCC(N3CCC(c4cnc(N5C6CCC5CN(c5cc(-c7ccccc7O)nnc5N)C6)nc4)CC3)CC2)no1. The van der Waals surface area contributed by atoms with Crippen molar-refractivity contribution in [3.05, 3.63) is 65.8 Å². The number of carboxylic acids is 1. The number of para-hydroxylation sites is 1. The van der Waals surface area contributed by atoms with E-state index in [0.717, 1.165) is 94.9 Å². The molecule has 1 saturated carbocycles. The second-order valence-corrected chi connectivity index (χ2v) is 15.6. The van der Waals surface area contributed by atoms with Gasteiger partial charge in [0, 0.05) is 61.2 Å². The third kappa shape index (κ3) is 6.66. The third-order valence-corrected chi connectivity index (χ3v) is 12.1. The molecular formula is C39H49N9O4. The van der Waals surface area contributed by atoms with Crippen molar-refractivity contribution in [1.82, 2.24) is 30.2 Å². The molecule has 3 saturated heterocycles. The zero-order valence-corrected chi connectivity index (χ0v) is 30.0. The lowest BCUT2D eigenvalue weighted by Crippen LogP contribution is -2.54. The Morgan fingerprint density at radius 1 is 0.885 bits per heavy atom. The van der Waals surface area contributed by atoms with Crippen molar-refractivity contribution < 1.29 is 19.5 Å². The van der Waals surface area contributed by atoms with E-state index >= 15 is 0 Å². The zero-order chi connectivity index (χ0) is 35.9. The lowest BCUT2D eigenvalue weighted by molar-refractivity contribution is -0.140. The van der Waals surface area contributed by atoms with E-state index in [1.165, 1.54) is 5.56 Å². The van der Waals surface area contributed by atoms with E-state index in [9.17, 15) is 15.0 Å². The Bertz CT molecular complexity index is 1850. The van der Waals surface area contributed by atoms with Crippen LogP contribution in [0.1, 0.15) is 100.0 Å². The van der Waals surface area contributed by atoms with E-state index in [-0.39, 0.29) is 23.8 Å². The van der Waals surface area contributed by atoms with Gasteiger partial charge < -0.3 is 35.2 Å². The van der Waals surface area contributed by atoms with Gasteiger partial charge in [-0.15, -0.1) is 10.2 Å². The molecule has 2 bridgehead atoms. The molecule has 1 aromatic carbocycles. The molecule has 13 nitrogen and oxygen atoms in total. The second-order valence-electron chi connectivity index (χ2n) is 15.6. The summed E-state index contributed by atoms with van der Waals surface area (Å²) in [7, 11) is 0. The third-order valence-electron chi connectivity index (χ3n) is 12.1. The number of carboxylic acid groups (broad SMARTS) is 1. The smallest absolute Gasteiger partial charge is 0.314 e. The number of phenolic OH excluding ortho intramolecular Hbond substituents is 1. The first-order chi connectivity index (χ1) is 25.2. The van der Waals surface area contributed by atoms with Crippen LogP contribution in [0.15, 0.2) is 53.3 Å². The Morgan fingerprint density at radius 2 is 1.56 bits per heavy atom. The van der Waals surface area contributed by atoms with E-state index in [1.807, 2.05) is 38.1 Å². The number of nitrogen functional groups attached to an aromatic ring is 1. The van der Waals surface area contributed by atoms with Crippen LogP contribution in [0.4, 0.5) is 17.5 Å². The maximum Gasteiger partial charge on any atom is 0.314 e. The molecule has 3 aliphatic heterocycles. The summed E-state index contributed by atoms with van der Waals surface area (Å²) in [5.74, 6) is 1.07. The molecule has 4 aromatic rings.